The summed E-state index contributed by atoms with van der Waals surface area (Å²) >= 11 is 0. The van der Waals surface area contributed by atoms with E-state index in [2.05, 4.69) is 19.1 Å². The lowest BCUT2D eigenvalue weighted by Gasteiger charge is -2.53. The summed E-state index contributed by atoms with van der Waals surface area (Å²) in [6, 6.07) is 0.700. The molecule has 0 saturated heterocycles. The molecule has 1 unspecified atom stereocenters. The quantitative estimate of drug-likeness (QED) is 0.653. The first-order valence-electron chi connectivity index (χ1n) is 8.03. The van der Waals surface area contributed by atoms with Crippen LogP contribution in [0.5, 0.6) is 0 Å². The van der Waals surface area contributed by atoms with Crippen molar-refractivity contribution in [2.45, 2.75) is 57.9 Å². The van der Waals surface area contributed by atoms with Crippen LogP contribution in [0, 0.1) is 29.6 Å². The predicted octanol–water partition coefficient (Wildman–Crippen LogP) is 4.24. The highest BCUT2D eigenvalue weighted by Crippen LogP contribution is 2.54. The van der Waals surface area contributed by atoms with E-state index < -0.39 is 0 Å². The summed E-state index contributed by atoms with van der Waals surface area (Å²) in [5, 5.41) is 0. The Kier molecular flexibility index (Phi) is 2.63. The normalized spacial score (nSPS) is 52.2. The van der Waals surface area contributed by atoms with Crippen LogP contribution in [-0.4, -0.2) is 11.8 Å². The molecule has 0 amide bonds. The fourth-order valence-corrected chi connectivity index (χ4v) is 5.24. The zero-order chi connectivity index (χ0) is 12.1. The van der Waals surface area contributed by atoms with Gasteiger partial charge in [-0.2, -0.15) is 0 Å². The summed E-state index contributed by atoms with van der Waals surface area (Å²) in [5.74, 6) is 4.81. The minimum absolute atomic E-state index is 0.700. The number of aliphatic imine (C=N–C) groups is 1. The molecule has 0 heterocycles. The molecule has 1 nitrogen and oxygen atoms in total. The molecule has 5 aliphatic rings. The van der Waals surface area contributed by atoms with Crippen LogP contribution < -0.4 is 0 Å². The minimum Gasteiger partial charge on any atom is -0.286 e. The molecule has 1 atom stereocenters. The number of hydrogen-bond acceptors (Lipinski definition) is 1. The highest BCUT2D eigenvalue weighted by atomic mass is 14.8. The lowest BCUT2D eigenvalue weighted by molar-refractivity contribution is 0.00123. The fourth-order valence-electron chi connectivity index (χ4n) is 5.24. The monoisotopic (exact) mass is 243 g/mol. The molecule has 18 heavy (non-hydrogen) atoms. The standard InChI is InChI=1S/C17H25N/c1-11-2-4-16(5-3-11)18-17-14-7-12-6-13(9-14)10-15(17)8-12/h2,4,11-15,17H,3,5-10H2,1H3. The lowest BCUT2D eigenvalue weighted by Crippen LogP contribution is -2.47. The van der Waals surface area contributed by atoms with Crippen molar-refractivity contribution in [3.05, 3.63) is 12.2 Å². The molecule has 98 valence electrons. The van der Waals surface area contributed by atoms with Crippen LogP contribution in [0.4, 0.5) is 0 Å². The van der Waals surface area contributed by atoms with E-state index in [1.54, 1.807) is 6.42 Å². The van der Waals surface area contributed by atoms with Crippen molar-refractivity contribution in [1.82, 2.24) is 0 Å². The molecule has 4 fully saturated rings. The Labute approximate surface area is 111 Å². The number of allylic oxidation sites excluding steroid dienone is 2. The van der Waals surface area contributed by atoms with Gasteiger partial charge in [-0.05, 0) is 80.6 Å². The maximum atomic E-state index is 5.20. The zero-order valence-electron chi connectivity index (χ0n) is 11.5. The van der Waals surface area contributed by atoms with Gasteiger partial charge in [0.1, 0.15) is 0 Å². The molecule has 5 rings (SSSR count). The van der Waals surface area contributed by atoms with E-state index in [0.29, 0.717) is 6.04 Å². The van der Waals surface area contributed by atoms with Crippen LogP contribution in [0.3, 0.4) is 0 Å². The average Bonchev–Trinajstić information content (AvgIpc) is 2.35. The number of nitrogens with zero attached hydrogens (tertiary/aromatic N) is 1. The maximum absolute atomic E-state index is 5.20. The molecule has 0 aromatic carbocycles. The lowest BCUT2D eigenvalue weighted by atomic mass is 9.54. The average molecular weight is 243 g/mol. The van der Waals surface area contributed by atoms with Gasteiger partial charge in [-0.15, -0.1) is 0 Å². The van der Waals surface area contributed by atoms with Gasteiger partial charge in [-0.25, -0.2) is 0 Å². The van der Waals surface area contributed by atoms with E-state index in [0.717, 1.165) is 29.6 Å². The largest absolute Gasteiger partial charge is 0.286 e. The highest BCUT2D eigenvalue weighted by Gasteiger charge is 2.48. The minimum atomic E-state index is 0.700. The van der Waals surface area contributed by atoms with Gasteiger partial charge in [0.05, 0.1) is 6.04 Å². The second-order valence-electron chi connectivity index (χ2n) is 7.42. The SMILES string of the molecule is CC1C=CC(=NC2C3CC4CC(C3)CC2C4)CC1. The van der Waals surface area contributed by atoms with E-state index in [1.165, 1.54) is 44.2 Å². The van der Waals surface area contributed by atoms with Crippen LogP contribution in [0.25, 0.3) is 0 Å². The molecule has 0 spiro atoms. The van der Waals surface area contributed by atoms with Crippen molar-refractivity contribution < 1.29 is 0 Å². The Balaban J connectivity index is 1.55. The van der Waals surface area contributed by atoms with E-state index in [4.69, 9.17) is 4.99 Å². The van der Waals surface area contributed by atoms with Crippen molar-refractivity contribution in [3.8, 4) is 0 Å². The smallest absolute Gasteiger partial charge is 0.0559 e. The molecular weight excluding hydrogens is 218 g/mol. The maximum Gasteiger partial charge on any atom is 0.0559 e. The summed E-state index contributed by atoms with van der Waals surface area (Å²) < 4.78 is 0. The molecule has 0 radical (unpaired) electrons. The molecule has 0 aromatic rings. The van der Waals surface area contributed by atoms with Gasteiger partial charge in [0.25, 0.3) is 0 Å². The van der Waals surface area contributed by atoms with Crippen molar-refractivity contribution >= 4 is 5.71 Å². The second kappa shape index (κ2) is 4.21. The van der Waals surface area contributed by atoms with Crippen molar-refractivity contribution in [2.75, 3.05) is 0 Å². The van der Waals surface area contributed by atoms with Crippen LogP contribution in [0.1, 0.15) is 51.9 Å². The third-order valence-corrected chi connectivity index (χ3v) is 5.96. The second-order valence-corrected chi connectivity index (χ2v) is 7.42. The summed E-state index contributed by atoms with van der Waals surface area (Å²) in [5.41, 5.74) is 1.41. The van der Waals surface area contributed by atoms with Crippen LogP contribution in [0.15, 0.2) is 17.1 Å². The third kappa shape index (κ3) is 1.87. The van der Waals surface area contributed by atoms with Crippen LogP contribution in [-0.2, 0) is 0 Å². The van der Waals surface area contributed by atoms with Gasteiger partial charge in [0, 0.05) is 5.71 Å². The van der Waals surface area contributed by atoms with E-state index in [9.17, 15) is 0 Å². The first kappa shape index (κ1) is 11.3. The van der Waals surface area contributed by atoms with Gasteiger partial charge in [0.2, 0.25) is 0 Å². The topological polar surface area (TPSA) is 12.4 Å². The molecular formula is C17H25N. The summed E-state index contributed by atoms with van der Waals surface area (Å²) in [4.78, 5) is 5.20. The number of hydrogen-bond donors (Lipinski definition) is 0. The summed E-state index contributed by atoms with van der Waals surface area (Å²) in [6.07, 6.45) is 14.7. The van der Waals surface area contributed by atoms with Crippen molar-refractivity contribution in [2.24, 2.45) is 34.6 Å². The predicted molar refractivity (Wildman–Crippen MR) is 75.8 cm³/mol. The Hall–Kier alpha value is -0.590. The van der Waals surface area contributed by atoms with Gasteiger partial charge >= 0.3 is 0 Å². The van der Waals surface area contributed by atoms with Crippen LogP contribution >= 0.6 is 0 Å². The Morgan fingerprint density at radius 1 is 1.00 bits per heavy atom. The number of rotatable bonds is 1. The van der Waals surface area contributed by atoms with Crippen LogP contribution in [0.2, 0.25) is 0 Å². The molecule has 4 saturated carbocycles. The first-order chi connectivity index (χ1) is 8.78. The molecule has 0 aliphatic heterocycles. The summed E-state index contributed by atoms with van der Waals surface area (Å²) in [6.45, 7) is 2.32. The Morgan fingerprint density at radius 2 is 1.67 bits per heavy atom. The fraction of sp³-hybridized carbons (Fsp3) is 0.824. The van der Waals surface area contributed by atoms with E-state index >= 15 is 0 Å². The zero-order valence-corrected chi connectivity index (χ0v) is 11.5. The summed E-state index contributed by atoms with van der Waals surface area (Å²) in [7, 11) is 0. The van der Waals surface area contributed by atoms with E-state index in [-0.39, 0.29) is 0 Å². The molecule has 0 N–H and O–H groups in total. The highest BCUT2D eigenvalue weighted by molar-refractivity contribution is 5.95. The van der Waals surface area contributed by atoms with Gasteiger partial charge < -0.3 is 0 Å². The first-order valence-corrected chi connectivity index (χ1v) is 8.03. The Morgan fingerprint density at radius 3 is 2.22 bits per heavy atom. The molecule has 5 aliphatic carbocycles. The van der Waals surface area contributed by atoms with E-state index in [1.807, 2.05) is 0 Å². The van der Waals surface area contributed by atoms with Crippen molar-refractivity contribution in [1.29, 1.82) is 0 Å². The molecule has 4 bridgehead atoms. The van der Waals surface area contributed by atoms with Gasteiger partial charge in [-0.1, -0.05) is 13.0 Å². The van der Waals surface area contributed by atoms with Crippen molar-refractivity contribution in [3.63, 3.8) is 0 Å². The molecule has 0 aromatic heterocycles. The van der Waals surface area contributed by atoms with Gasteiger partial charge in [0.15, 0.2) is 0 Å². The third-order valence-electron chi connectivity index (χ3n) is 5.96. The molecule has 1 heteroatoms. The van der Waals surface area contributed by atoms with Gasteiger partial charge in [-0.3, -0.25) is 4.99 Å². The Bertz CT molecular complexity index is 364.